The van der Waals surface area contributed by atoms with Crippen molar-refractivity contribution in [3.63, 3.8) is 0 Å². The second kappa shape index (κ2) is 10.3. The zero-order valence-electron chi connectivity index (χ0n) is 17.5. The molecule has 1 fully saturated rings. The number of hydrogen-bond donors (Lipinski definition) is 2. The molecule has 0 aliphatic carbocycles. The van der Waals surface area contributed by atoms with E-state index in [0.29, 0.717) is 37.8 Å². The van der Waals surface area contributed by atoms with Crippen LogP contribution >= 0.6 is 11.8 Å². The Balaban J connectivity index is 1.64. The molecule has 1 aliphatic rings. The number of rotatable bonds is 7. The van der Waals surface area contributed by atoms with Gasteiger partial charge in [0.2, 0.25) is 11.8 Å². The summed E-state index contributed by atoms with van der Waals surface area (Å²) < 4.78 is 49.8. The number of anilines is 3. The summed E-state index contributed by atoms with van der Waals surface area (Å²) >= 11 is 1.05. The molecule has 0 radical (unpaired) electrons. The van der Waals surface area contributed by atoms with Crippen molar-refractivity contribution in [2.24, 2.45) is 0 Å². The molecule has 1 aliphatic heterocycles. The molecule has 2 aromatic rings. The highest BCUT2D eigenvalue weighted by atomic mass is 32.2. The average molecular weight is 472 g/mol. The molecular formula is C20H23F3N4O4S. The van der Waals surface area contributed by atoms with Gasteiger partial charge in [-0.15, -0.1) is 11.8 Å². The third kappa shape index (κ3) is 6.39. The number of aromatic nitrogens is 1. The third-order valence-electron chi connectivity index (χ3n) is 4.66. The molecule has 0 bridgehead atoms. The molecule has 32 heavy (non-hydrogen) atoms. The largest absolute Gasteiger partial charge is 0.416 e. The maximum Gasteiger partial charge on any atom is 0.416 e. The molecule has 12 heteroatoms. The van der Waals surface area contributed by atoms with E-state index in [2.05, 4.69) is 15.8 Å². The smallest absolute Gasteiger partial charge is 0.378 e. The number of amides is 2. The lowest BCUT2D eigenvalue weighted by atomic mass is 10.1. The number of carbonyl (C=O) groups excluding carboxylic acids is 2. The second-order valence-electron chi connectivity index (χ2n) is 7.14. The van der Waals surface area contributed by atoms with Crippen LogP contribution in [0, 0.1) is 6.92 Å². The number of alkyl halides is 3. The van der Waals surface area contributed by atoms with Gasteiger partial charge in [-0.1, -0.05) is 5.16 Å². The first-order valence-corrected chi connectivity index (χ1v) is 10.9. The molecule has 1 aromatic carbocycles. The van der Waals surface area contributed by atoms with E-state index in [9.17, 15) is 22.8 Å². The Labute approximate surface area is 186 Å². The highest BCUT2D eigenvalue weighted by Gasteiger charge is 2.32. The fraction of sp³-hybridized carbons (Fsp3) is 0.450. The van der Waals surface area contributed by atoms with E-state index in [1.807, 2.05) is 4.90 Å². The van der Waals surface area contributed by atoms with Gasteiger partial charge in [-0.2, -0.15) is 13.2 Å². The molecule has 2 amide bonds. The molecule has 0 unspecified atom stereocenters. The Kier molecular flexibility index (Phi) is 7.67. The van der Waals surface area contributed by atoms with Gasteiger partial charge in [-0.3, -0.25) is 9.59 Å². The van der Waals surface area contributed by atoms with Crippen LogP contribution in [0.25, 0.3) is 0 Å². The maximum absolute atomic E-state index is 13.2. The van der Waals surface area contributed by atoms with Crippen molar-refractivity contribution in [1.29, 1.82) is 0 Å². The molecule has 2 N–H and O–H groups in total. The Hall–Kier alpha value is -2.73. The van der Waals surface area contributed by atoms with E-state index in [1.54, 1.807) is 19.9 Å². The molecular weight excluding hydrogens is 449 g/mol. The van der Waals surface area contributed by atoms with E-state index < -0.39 is 22.9 Å². The molecule has 174 valence electrons. The van der Waals surface area contributed by atoms with Crippen molar-refractivity contribution in [3.8, 4) is 0 Å². The quantitative estimate of drug-likeness (QED) is 0.636. The lowest BCUT2D eigenvalue weighted by Crippen LogP contribution is -2.37. The molecule has 1 saturated heterocycles. The van der Waals surface area contributed by atoms with E-state index in [0.717, 1.165) is 23.9 Å². The Bertz CT molecular complexity index is 961. The Morgan fingerprint density at radius 2 is 1.94 bits per heavy atom. The van der Waals surface area contributed by atoms with Gasteiger partial charge in [0, 0.05) is 19.2 Å². The number of hydrogen-bond acceptors (Lipinski definition) is 7. The number of nitrogens with one attached hydrogen (secondary N) is 2. The summed E-state index contributed by atoms with van der Waals surface area (Å²) in [7, 11) is 0. The topological polar surface area (TPSA) is 96.7 Å². The molecule has 1 atom stereocenters. The number of halogens is 3. The van der Waals surface area contributed by atoms with Crippen molar-refractivity contribution < 1.29 is 32.0 Å². The highest BCUT2D eigenvalue weighted by Crippen LogP contribution is 2.36. The number of nitrogens with zero attached hydrogens (tertiary/aromatic N) is 2. The monoisotopic (exact) mass is 472 g/mol. The SMILES string of the molecule is Cc1cc(NC(=O)[C@@H](C)SCC(=O)Nc2cc(C(F)(F)F)ccc2N2CCOCC2)no1. The van der Waals surface area contributed by atoms with Crippen LogP contribution in [0.3, 0.4) is 0 Å². The van der Waals surface area contributed by atoms with Gasteiger partial charge in [0.25, 0.3) is 0 Å². The standard InChI is InChI=1S/C20H23F3N4O4S/c1-12-9-17(26-31-12)25-19(29)13(2)32-11-18(28)24-15-10-14(20(21,22)23)3-4-16(15)27-5-7-30-8-6-27/h3-4,9-10,13H,5-8,11H2,1-2H3,(H,24,28)(H,25,26,29)/t13-/m1/s1. The van der Waals surface area contributed by atoms with Gasteiger partial charge < -0.3 is 24.8 Å². The van der Waals surface area contributed by atoms with Gasteiger partial charge in [-0.25, -0.2) is 0 Å². The van der Waals surface area contributed by atoms with Crippen LogP contribution < -0.4 is 15.5 Å². The summed E-state index contributed by atoms with van der Waals surface area (Å²) in [6.45, 7) is 5.20. The van der Waals surface area contributed by atoms with Crippen LogP contribution in [-0.2, 0) is 20.5 Å². The predicted molar refractivity (Wildman–Crippen MR) is 115 cm³/mol. The summed E-state index contributed by atoms with van der Waals surface area (Å²) in [5.41, 5.74) is -0.289. The molecule has 0 spiro atoms. The van der Waals surface area contributed by atoms with E-state index in [1.165, 1.54) is 6.07 Å². The first kappa shape index (κ1) is 23.9. The van der Waals surface area contributed by atoms with Crippen molar-refractivity contribution in [3.05, 3.63) is 35.6 Å². The van der Waals surface area contributed by atoms with Crippen molar-refractivity contribution in [2.45, 2.75) is 25.3 Å². The summed E-state index contributed by atoms with van der Waals surface area (Å²) in [6, 6.07) is 4.83. The molecule has 0 saturated carbocycles. The predicted octanol–water partition coefficient (Wildman–Crippen LogP) is 3.54. The number of ether oxygens (including phenoxy) is 1. The van der Waals surface area contributed by atoms with E-state index >= 15 is 0 Å². The van der Waals surface area contributed by atoms with Gasteiger partial charge in [-0.05, 0) is 32.0 Å². The van der Waals surface area contributed by atoms with Crippen LogP contribution in [0.5, 0.6) is 0 Å². The van der Waals surface area contributed by atoms with Crippen molar-refractivity contribution >= 4 is 40.8 Å². The van der Waals surface area contributed by atoms with Gasteiger partial charge >= 0.3 is 6.18 Å². The summed E-state index contributed by atoms with van der Waals surface area (Å²) in [6.07, 6.45) is -4.54. The van der Waals surface area contributed by atoms with Gasteiger partial charge in [0.05, 0.1) is 41.2 Å². The van der Waals surface area contributed by atoms with Gasteiger partial charge in [0.1, 0.15) is 5.76 Å². The van der Waals surface area contributed by atoms with Crippen LogP contribution in [0.2, 0.25) is 0 Å². The summed E-state index contributed by atoms with van der Waals surface area (Å²) in [5.74, 6) is -0.198. The normalized spacial score (nSPS) is 15.3. The number of aryl methyl sites for hydroxylation is 1. The maximum atomic E-state index is 13.2. The molecule has 3 rings (SSSR count). The summed E-state index contributed by atoms with van der Waals surface area (Å²) in [4.78, 5) is 26.6. The number of thioether (sulfide) groups is 1. The Morgan fingerprint density at radius 1 is 1.22 bits per heavy atom. The van der Waals surface area contributed by atoms with E-state index in [4.69, 9.17) is 9.26 Å². The number of morpholine rings is 1. The zero-order chi connectivity index (χ0) is 23.3. The third-order valence-corrected chi connectivity index (χ3v) is 5.81. The first-order valence-electron chi connectivity index (χ1n) is 9.83. The van der Waals surface area contributed by atoms with Crippen molar-refractivity contribution in [1.82, 2.24) is 5.16 Å². The van der Waals surface area contributed by atoms with Crippen LogP contribution in [0.15, 0.2) is 28.8 Å². The van der Waals surface area contributed by atoms with Crippen LogP contribution in [-0.4, -0.2) is 54.3 Å². The zero-order valence-corrected chi connectivity index (χ0v) is 18.3. The van der Waals surface area contributed by atoms with E-state index in [-0.39, 0.29) is 23.2 Å². The van der Waals surface area contributed by atoms with Crippen molar-refractivity contribution in [2.75, 3.05) is 47.6 Å². The Morgan fingerprint density at radius 3 is 2.56 bits per heavy atom. The fourth-order valence-corrected chi connectivity index (χ4v) is 3.69. The van der Waals surface area contributed by atoms with Gasteiger partial charge in [0.15, 0.2) is 5.82 Å². The fourth-order valence-electron chi connectivity index (χ4n) is 3.01. The summed E-state index contributed by atoms with van der Waals surface area (Å²) in [5, 5.41) is 8.21. The van der Waals surface area contributed by atoms with Crippen LogP contribution in [0.4, 0.5) is 30.4 Å². The lowest BCUT2D eigenvalue weighted by Gasteiger charge is -2.31. The molecule has 8 nitrogen and oxygen atoms in total. The average Bonchev–Trinajstić information content (AvgIpc) is 3.16. The first-order chi connectivity index (χ1) is 15.1. The lowest BCUT2D eigenvalue weighted by molar-refractivity contribution is -0.137. The number of carbonyl (C=O) groups is 2. The minimum atomic E-state index is -4.54. The molecule has 1 aromatic heterocycles. The van der Waals surface area contributed by atoms with Crippen LogP contribution in [0.1, 0.15) is 18.2 Å². The minimum absolute atomic E-state index is 0.0718. The molecule has 2 heterocycles. The highest BCUT2D eigenvalue weighted by molar-refractivity contribution is 8.01. The second-order valence-corrected chi connectivity index (χ2v) is 8.47. The number of benzene rings is 1. The minimum Gasteiger partial charge on any atom is -0.378 e.